The summed E-state index contributed by atoms with van der Waals surface area (Å²) < 4.78 is 147. The number of ether oxygens (including phenoxy) is 5. The first-order valence-corrected chi connectivity index (χ1v) is 34.7. The van der Waals surface area contributed by atoms with Crippen molar-refractivity contribution in [3.8, 4) is 45.3 Å². The molecule has 6 aliphatic heterocycles. The van der Waals surface area contributed by atoms with E-state index in [4.69, 9.17) is 46.7 Å². The molecular weight excluding hydrogens is 1290 g/mol. The summed E-state index contributed by atoms with van der Waals surface area (Å²) in [6.07, 6.45) is 0.465. The van der Waals surface area contributed by atoms with E-state index in [0.717, 1.165) is 62.7 Å². The van der Waals surface area contributed by atoms with Gasteiger partial charge in [0.2, 0.25) is 0 Å². The van der Waals surface area contributed by atoms with Crippen molar-refractivity contribution < 1.29 is 63.2 Å². The average molecular weight is 1370 g/mol. The first kappa shape index (κ1) is 65.8. The zero-order valence-electron chi connectivity index (χ0n) is 55.5. The number of anilines is 3. The van der Waals surface area contributed by atoms with Gasteiger partial charge in [-0.3, -0.25) is 28.7 Å². The summed E-state index contributed by atoms with van der Waals surface area (Å²) in [5.74, 6) is 3.10. The number of halogens is 9. The van der Waals surface area contributed by atoms with Crippen molar-refractivity contribution in [1.82, 2.24) is 59.0 Å². The maximum absolute atomic E-state index is 13.3. The van der Waals surface area contributed by atoms with Gasteiger partial charge in [-0.2, -0.15) is 28.5 Å². The molecule has 528 valence electrons. The Balaban J connectivity index is 0.000000115. The second-order valence-electron chi connectivity index (χ2n) is 30.9. The third kappa shape index (κ3) is 12.2. The summed E-state index contributed by atoms with van der Waals surface area (Å²) in [5, 5.41) is 14.2. The zero-order valence-corrected chi connectivity index (χ0v) is 55.5. The summed E-state index contributed by atoms with van der Waals surface area (Å²) in [7, 11) is 0. The number of hydrogen-bond donors (Lipinski definition) is 3. The van der Waals surface area contributed by atoms with Crippen molar-refractivity contribution in [2.45, 2.75) is 190 Å². The third-order valence-electron chi connectivity index (χ3n) is 23.6. The molecular formula is C69H84F9N15O5. The predicted octanol–water partition coefficient (Wildman–Crippen LogP) is 11.9. The van der Waals surface area contributed by atoms with Gasteiger partial charge in [0.15, 0.2) is 23.1 Å². The monoisotopic (exact) mass is 1370 g/mol. The molecule has 0 radical (unpaired) electrons. The lowest BCUT2D eigenvalue weighted by atomic mass is 9.76. The lowest BCUT2D eigenvalue weighted by Gasteiger charge is -2.57. The molecule has 20 nitrogen and oxygen atoms in total. The first-order chi connectivity index (χ1) is 46.5. The van der Waals surface area contributed by atoms with Crippen molar-refractivity contribution in [2.24, 2.45) is 40.9 Å². The van der Waals surface area contributed by atoms with Gasteiger partial charge in [-0.05, 0) is 165 Å². The molecule has 6 unspecified atom stereocenters. The molecule has 98 heavy (non-hydrogen) atoms. The van der Waals surface area contributed by atoms with Crippen LogP contribution in [0, 0.1) is 40.9 Å². The second-order valence-corrected chi connectivity index (χ2v) is 30.9. The van der Waals surface area contributed by atoms with Crippen LogP contribution < -0.4 is 26.7 Å². The molecule has 16 atom stereocenters. The predicted molar refractivity (Wildman–Crippen MR) is 342 cm³/mol. The summed E-state index contributed by atoms with van der Waals surface area (Å²) in [6, 6.07) is 13.1. The number of likely N-dealkylation sites (tertiary alicyclic amines) is 3. The highest BCUT2D eigenvalue weighted by molar-refractivity contribution is 5.67. The van der Waals surface area contributed by atoms with Crippen molar-refractivity contribution in [1.29, 1.82) is 0 Å². The molecule has 0 aromatic carbocycles. The Morgan fingerprint density at radius 2 is 0.827 bits per heavy atom. The number of nitrogen functional groups attached to an aromatic ring is 3. The van der Waals surface area contributed by atoms with Crippen molar-refractivity contribution in [3.05, 3.63) is 77.6 Å². The first-order valence-electron chi connectivity index (χ1n) is 34.7. The number of alkyl halides is 9. The Hall–Kier alpha value is -6.79. The number of morpholine rings is 2. The van der Waals surface area contributed by atoms with Crippen LogP contribution in [0.1, 0.15) is 151 Å². The van der Waals surface area contributed by atoms with Gasteiger partial charge in [0, 0.05) is 150 Å². The van der Waals surface area contributed by atoms with Crippen molar-refractivity contribution in [2.75, 3.05) is 69.8 Å². The number of hydrogen-bond acceptors (Lipinski definition) is 17. The van der Waals surface area contributed by atoms with E-state index in [1.807, 2.05) is 32.2 Å². The Morgan fingerprint density at radius 3 is 1.13 bits per heavy atom. The fourth-order valence-corrected chi connectivity index (χ4v) is 19.1. The summed E-state index contributed by atoms with van der Waals surface area (Å²) in [5.41, 5.74) is 22.6. The minimum absolute atomic E-state index is 0.131. The zero-order chi connectivity index (χ0) is 68.5. The molecule has 12 heterocycles. The van der Waals surface area contributed by atoms with E-state index >= 15 is 0 Å². The van der Waals surface area contributed by atoms with Crippen LogP contribution in [0.4, 0.5) is 57.0 Å². The Bertz CT molecular complexity index is 3960. The fourth-order valence-electron chi connectivity index (χ4n) is 19.1. The van der Waals surface area contributed by atoms with Gasteiger partial charge >= 0.3 is 18.9 Å². The molecule has 4 bridgehead atoms. The van der Waals surface area contributed by atoms with Gasteiger partial charge in [0.1, 0.15) is 5.82 Å². The number of fused-ring (bicyclic) bond motifs is 7. The minimum Gasteiger partial charge on any atom is -0.402 e. The van der Waals surface area contributed by atoms with Crippen LogP contribution in [0.15, 0.2) is 55.0 Å². The summed E-state index contributed by atoms with van der Waals surface area (Å²) in [6.45, 7) is 20.5. The number of nitrogens with two attached hydrogens (primary N) is 3. The lowest BCUT2D eigenvalue weighted by molar-refractivity contribution is -0.275. The van der Waals surface area contributed by atoms with Gasteiger partial charge in [-0.1, -0.05) is 0 Å². The van der Waals surface area contributed by atoms with E-state index in [1.165, 1.54) is 95.2 Å². The molecule has 6 aromatic heterocycles. The summed E-state index contributed by atoms with van der Waals surface area (Å²) in [4.78, 5) is 19.6. The number of nitrogens with zero attached hydrogens (tertiary/aromatic N) is 12. The van der Waals surface area contributed by atoms with Crippen LogP contribution in [0.5, 0.6) is 11.5 Å². The SMILES string of the molecule is CC(C)n1nc(-c2cnc(N)c(C(F)(F)F)c2)cc1C1[C@H]2CC(N3C[C@H]4C[C@@H]3CO4)C[C@@H]12.CC(C)n1nc(-c2cnc(N)c(OC(F)(F)F)c2)cc1C1[C@H]2CC(N3CC4(COC4)C3)C[C@@H]12.CC(C)n1nc(-c2cnc(N)c(OC(F)(F)F)c2)cc1C1[C@H]2CC(N3C[C@H]4C[C@@H]3CO4)C[C@@H]12. The molecule has 18 rings (SSSR count). The highest BCUT2D eigenvalue weighted by atomic mass is 19.4. The van der Waals surface area contributed by atoms with E-state index < -0.39 is 41.8 Å². The number of aromatic nitrogens is 9. The van der Waals surface area contributed by atoms with Crippen LogP contribution in [0.3, 0.4) is 0 Å². The van der Waals surface area contributed by atoms with Crippen molar-refractivity contribution >= 4 is 17.5 Å². The van der Waals surface area contributed by atoms with Gasteiger partial charge in [-0.25, -0.2) is 15.0 Å². The lowest BCUT2D eigenvalue weighted by Crippen LogP contribution is -2.67. The molecule has 6 aromatic rings. The number of pyridine rings is 3. The Morgan fingerprint density at radius 1 is 0.469 bits per heavy atom. The number of rotatable bonds is 14. The molecule has 6 N–H and O–H groups in total. The smallest absolute Gasteiger partial charge is 0.402 e. The van der Waals surface area contributed by atoms with E-state index in [9.17, 15) is 39.5 Å². The van der Waals surface area contributed by atoms with E-state index in [1.54, 1.807) is 0 Å². The van der Waals surface area contributed by atoms with E-state index in [-0.39, 0.29) is 29.8 Å². The van der Waals surface area contributed by atoms with Crippen LogP contribution >= 0.6 is 0 Å². The van der Waals surface area contributed by atoms with E-state index in [0.29, 0.717) is 135 Å². The van der Waals surface area contributed by atoms with E-state index in [2.05, 4.69) is 80.7 Å². The van der Waals surface area contributed by atoms with Crippen LogP contribution in [0.2, 0.25) is 0 Å². The molecule has 1 spiro atoms. The largest absolute Gasteiger partial charge is 0.573 e. The molecule has 6 aliphatic carbocycles. The molecule has 6 saturated heterocycles. The third-order valence-corrected chi connectivity index (χ3v) is 23.6. The van der Waals surface area contributed by atoms with Crippen LogP contribution in [0.25, 0.3) is 33.8 Å². The Labute approximate surface area is 561 Å². The molecule has 6 saturated carbocycles. The normalized spacial score (nSPS) is 32.4. The van der Waals surface area contributed by atoms with Gasteiger partial charge in [-0.15, -0.1) is 26.3 Å². The second kappa shape index (κ2) is 23.9. The molecule has 12 aliphatic rings. The Kier molecular flexibility index (Phi) is 16.1. The highest BCUT2D eigenvalue weighted by Crippen LogP contribution is 2.67. The van der Waals surface area contributed by atoms with Gasteiger partial charge in [0.25, 0.3) is 0 Å². The minimum atomic E-state index is -4.83. The maximum Gasteiger partial charge on any atom is 0.573 e. The fraction of sp³-hybridized carbons (Fsp3) is 0.652. The van der Waals surface area contributed by atoms with Gasteiger partial charge < -0.3 is 40.9 Å². The standard InChI is InChI=1S/2C23H28F3N5O2.C23H28F3N5O/c1-12(2)31-18(6-17(29-31)13-3-19(21(27)28-7-13)33-23(24,25)26)20-15-4-14(5-16(15)20)30-8-22(9-30)10-32-11-22;1-11(2)31-19(7-18(29-31)12-3-20(22(27)28-8-12)33-23(24,25)26)21-16-5-13(6-17(16)21)30-9-15-4-14(30)10-32-15;1-11(2)31-20(7-19(29-31)12-3-18(23(24,25)26)22(27)28-8-12)21-16-5-13(6-17(16)21)30-9-15-4-14(30)10-32-15/h3,6-7,12,14-16,20H,4-5,8-11H2,1-2H3,(H2,27,28);3,7-8,11,13-17,21H,4-6,9-10H2,1-2H3,(H2,27,28);3,7-8,11,13-17,21H,4-6,9-10H2,1-2H3,(H2,27,28)/t14?,15-,16+,20?;2*13?,14-,15-,16-,17+,21?/m.11/s1. The summed E-state index contributed by atoms with van der Waals surface area (Å²) >= 11 is 0. The highest BCUT2D eigenvalue weighted by Gasteiger charge is 2.64. The van der Waals surface area contributed by atoms with Crippen molar-refractivity contribution in [3.63, 3.8) is 0 Å². The topological polar surface area (TPSA) is 226 Å². The molecule has 12 fully saturated rings. The quantitative estimate of drug-likeness (QED) is 0.0862. The van der Waals surface area contributed by atoms with Crippen LogP contribution in [-0.4, -0.2) is 167 Å². The average Bonchev–Trinajstić information content (AvgIpc) is 1.44. The van der Waals surface area contributed by atoms with Gasteiger partial charge in [0.05, 0.1) is 61.3 Å². The molecule has 29 heteroatoms. The molecule has 0 amide bonds. The maximum atomic E-state index is 13.3. The van der Waals surface area contributed by atoms with Crippen LogP contribution in [-0.2, 0) is 20.4 Å².